The molecule has 116 valence electrons. The number of ether oxygens (including phenoxy) is 2. The highest BCUT2D eigenvalue weighted by molar-refractivity contribution is 5.75. The van der Waals surface area contributed by atoms with Gasteiger partial charge >= 0.3 is 11.9 Å². The Bertz CT molecular complexity index is 561. The molecule has 0 unspecified atom stereocenters. The van der Waals surface area contributed by atoms with E-state index in [0.717, 1.165) is 5.56 Å². The maximum atomic E-state index is 11.5. The number of carbonyl (C=O) groups excluding carboxylic acids is 2. The van der Waals surface area contributed by atoms with Crippen LogP contribution in [0.25, 0.3) is 0 Å². The number of allylic oxidation sites excluding steroid dienone is 2. The van der Waals surface area contributed by atoms with Crippen LogP contribution in [0, 0.1) is 0 Å². The van der Waals surface area contributed by atoms with Crippen molar-refractivity contribution in [2.75, 3.05) is 13.1 Å². The van der Waals surface area contributed by atoms with E-state index >= 15 is 0 Å². The Kier molecular flexibility index (Phi) is 5.08. The molecule has 0 spiro atoms. The Morgan fingerprint density at radius 3 is 1.91 bits per heavy atom. The summed E-state index contributed by atoms with van der Waals surface area (Å²) in [6, 6.07) is 9.74. The maximum Gasteiger partial charge on any atom is 0.323 e. The predicted octanol–water partition coefficient (Wildman–Crippen LogP) is 0.596. The van der Waals surface area contributed by atoms with Gasteiger partial charge in [-0.1, -0.05) is 42.5 Å². The molecule has 0 fully saturated rings. The Hall–Kier alpha value is -2.44. The van der Waals surface area contributed by atoms with Crippen LogP contribution in [-0.4, -0.2) is 30.8 Å². The monoisotopic (exact) mass is 302 g/mol. The van der Waals surface area contributed by atoms with Crippen molar-refractivity contribution in [3.63, 3.8) is 0 Å². The molecular weight excluding hydrogens is 284 g/mol. The molecule has 4 N–H and O–H groups in total. The molecule has 6 nitrogen and oxygen atoms in total. The number of esters is 2. The Morgan fingerprint density at radius 1 is 0.955 bits per heavy atom. The second-order valence-corrected chi connectivity index (χ2v) is 4.73. The minimum Gasteiger partial charge on any atom is -0.414 e. The van der Waals surface area contributed by atoms with Crippen LogP contribution in [0.1, 0.15) is 11.5 Å². The van der Waals surface area contributed by atoms with Gasteiger partial charge in [0.1, 0.15) is 0 Å². The average Bonchev–Trinajstić information content (AvgIpc) is 2.56. The topological polar surface area (TPSA) is 105 Å². The van der Waals surface area contributed by atoms with Crippen molar-refractivity contribution in [2.45, 2.75) is 11.7 Å². The predicted molar refractivity (Wildman–Crippen MR) is 80.5 cm³/mol. The first kappa shape index (κ1) is 15.9. The molecule has 0 amide bonds. The zero-order valence-corrected chi connectivity index (χ0v) is 12.0. The van der Waals surface area contributed by atoms with E-state index in [-0.39, 0.29) is 19.0 Å². The fourth-order valence-corrected chi connectivity index (χ4v) is 2.09. The summed E-state index contributed by atoms with van der Waals surface area (Å²) in [5.74, 6) is -2.95. The summed E-state index contributed by atoms with van der Waals surface area (Å²) in [6.45, 7) is -0.628. The second kappa shape index (κ2) is 7.02. The molecule has 0 radical (unpaired) electrons. The van der Waals surface area contributed by atoms with Crippen LogP contribution in [0.2, 0.25) is 0 Å². The molecule has 1 aromatic rings. The number of benzene rings is 1. The highest BCUT2D eigenvalue weighted by atomic mass is 16.7. The van der Waals surface area contributed by atoms with Crippen LogP contribution in [-0.2, 0) is 19.1 Å². The molecular formula is C16H18N2O4. The highest BCUT2D eigenvalue weighted by Gasteiger charge is 2.35. The van der Waals surface area contributed by atoms with Gasteiger partial charge in [0.15, 0.2) is 0 Å². The molecule has 0 atom stereocenters. The summed E-state index contributed by atoms with van der Waals surface area (Å²) >= 11 is 0. The van der Waals surface area contributed by atoms with Gasteiger partial charge in [-0.05, 0) is 5.56 Å². The first-order chi connectivity index (χ1) is 10.6. The third-order valence-electron chi connectivity index (χ3n) is 3.14. The maximum absolute atomic E-state index is 11.5. The minimum absolute atomic E-state index is 0.00230. The zero-order valence-electron chi connectivity index (χ0n) is 12.0. The lowest BCUT2D eigenvalue weighted by Gasteiger charge is -2.30. The van der Waals surface area contributed by atoms with Gasteiger partial charge in [-0.15, -0.1) is 0 Å². The fraction of sp³-hybridized carbons (Fsp3) is 0.250. The largest absolute Gasteiger partial charge is 0.414 e. The van der Waals surface area contributed by atoms with Gasteiger partial charge in [0.2, 0.25) is 0 Å². The van der Waals surface area contributed by atoms with Gasteiger partial charge in [0, 0.05) is 18.1 Å². The van der Waals surface area contributed by atoms with Crippen LogP contribution < -0.4 is 11.5 Å². The van der Waals surface area contributed by atoms with E-state index in [1.165, 1.54) is 12.2 Å². The van der Waals surface area contributed by atoms with E-state index in [0.29, 0.717) is 0 Å². The highest BCUT2D eigenvalue weighted by Crippen LogP contribution is 2.29. The van der Waals surface area contributed by atoms with Crippen molar-refractivity contribution < 1.29 is 19.1 Å². The third-order valence-corrected chi connectivity index (χ3v) is 3.14. The quantitative estimate of drug-likeness (QED) is 0.469. The van der Waals surface area contributed by atoms with Crippen molar-refractivity contribution in [3.8, 4) is 0 Å². The van der Waals surface area contributed by atoms with Gasteiger partial charge in [0.25, 0.3) is 5.79 Å². The molecule has 0 aliphatic heterocycles. The molecule has 0 saturated carbocycles. The summed E-state index contributed by atoms with van der Waals surface area (Å²) < 4.78 is 10.3. The van der Waals surface area contributed by atoms with Crippen molar-refractivity contribution in [2.24, 2.45) is 11.5 Å². The van der Waals surface area contributed by atoms with E-state index in [9.17, 15) is 9.59 Å². The molecule has 1 aliphatic carbocycles. The smallest absolute Gasteiger partial charge is 0.323 e. The Morgan fingerprint density at radius 2 is 1.45 bits per heavy atom. The molecule has 2 rings (SSSR count). The molecule has 1 aromatic carbocycles. The van der Waals surface area contributed by atoms with Crippen molar-refractivity contribution in [3.05, 3.63) is 60.2 Å². The van der Waals surface area contributed by atoms with E-state index in [4.69, 9.17) is 20.9 Å². The van der Waals surface area contributed by atoms with E-state index < -0.39 is 17.7 Å². The average molecular weight is 302 g/mol. The van der Waals surface area contributed by atoms with E-state index in [2.05, 4.69) is 0 Å². The number of carbonyl (C=O) groups is 2. The fourth-order valence-electron chi connectivity index (χ4n) is 2.09. The van der Waals surface area contributed by atoms with Crippen LogP contribution in [0.15, 0.2) is 54.6 Å². The zero-order chi connectivity index (χ0) is 16.0. The Labute approximate surface area is 128 Å². The van der Waals surface area contributed by atoms with Gasteiger partial charge < -0.3 is 20.9 Å². The summed E-state index contributed by atoms with van der Waals surface area (Å²) in [5.41, 5.74) is 11.6. The SMILES string of the molecule is NCC(=O)OC1(OC(=O)CN)C=CC(c2ccccc2)C=C1. The van der Waals surface area contributed by atoms with E-state index in [1.807, 2.05) is 30.3 Å². The number of nitrogens with two attached hydrogens (primary N) is 2. The van der Waals surface area contributed by atoms with Gasteiger partial charge in [-0.3, -0.25) is 9.59 Å². The molecule has 0 aromatic heterocycles. The van der Waals surface area contributed by atoms with Gasteiger partial charge in [-0.25, -0.2) is 0 Å². The summed E-state index contributed by atoms with van der Waals surface area (Å²) in [6.07, 6.45) is 6.63. The molecule has 0 bridgehead atoms. The normalized spacial score (nSPS) is 16.3. The number of rotatable bonds is 5. The van der Waals surface area contributed by atoms with Gasteiger partial charge in [-0.2, -0.15) is 0 Å². The third kappa shape index (κ3) is 3.81. The molecule has 6 heteroatoms. The lowest BCUT2D eigenvalue weighted by Crippen LogP contribution is -2.41. The van der Waals surface area contributed by atoms with E-state index in [1.54, 1.807) is 12.2 Å². The van der Waals surface area contributed by atoms with Crippen LogP contribution >= 0.6 is 0 Å². The van der Waals surface area contributed by atoms with Crippen LogP contribution in [0.4, 0.5) is 0 Å². The molecule has 1 aliphatic rings. The Balaban J connectivity index is 2.20. The number of hydrogen-bond acceptors (Lipinski definition) is 6. The number of hydrogen-bond donors (Lipinski definition) is 2. The standard InChI is InChI=1S/C16H18N2O4/c17-10-14(19)21-16(22-15(20)11-18)8-6-13(7-9-16)12-4-2-1-3-5-12/h1-9,13H,10-11,17-18H2. The molecule has 22 heavy (non-hydrogen) atoms. The first-order valence-electron chi connectivity index (χ1n) is 6.86. The summed E-state index contributed by atoms with van der Waals surface area (Å²) in [5, 5.41) is 0. The summed E-state index contributed by atoms with van der Waals surface area (Å²) in [7, 11) is 0. The van der Waals surface area contributed by atoms with Crippen molar-refractivity contribution >= 4 is 11.9 Å². The molecule has 0 heterocycles. The van der Waals surface area contributed by atoms with Crippen LogP contribution in [0.5, 0.6) is 0 Å². The van der Waals surface area contributed by atoms with Crippen LogP contribution in [0.3, 0.4) is 0 Å². The summed E-state index contributed by atoms with van der Waals surface area (Å²) in [4.78, 5) is 22.9. The van der Waals surface area contributed by atoms with Crippen molar-refractivity contribution in [1.29, 1.82) is 0 Å². The second-order valence-electron chi connectivity index (χ2n) is 4.73. The van der Waals surface area contributed by atoms with Crippen molar-refractivity contribution in [1.82, 2.24) is 0 Å². The minimum atomic E-state index is -1.59. The van der Waals surface area contributed by atoms with Gasteiger partial charge in [0.05, 0.1) is 13.1 Å². The first-order valence-corrected chi connectivity index (χ1v) is 6.86. The lowest BCUT2D eigenvalue weighted by molar-refractivity contribution is -0.196. The lowest BCUT2D eigenvalue weighted by atomic mass is 9.93. The molecule has 0 saturated heterocycles.